The number of esters is 1. The smallest absolute Gasteiger partial charge is 0.330 e. The van der Waals surface area contributed by atoms with E-state index in [0.717, 1.165) is 18.8 Å². The summed E-state index contributed by atoms with van der Waals surface area (Å²) in [6.07, 6.45) is 6.03. The average molecular weight is 282 g/mol. The topological polar surface area (TPSA) is 35.5 Å². The molecular formula is C15H22O3S. The standard InChI is InChI=1S/C15H22O3S/c1-10-6-7-15(18-8-9-19-15)13-11(14(10,13)2)4-5-12(16)17-3/h4-5,10-11,13H,6-9H2,1-3H3. The Morgan fingerprint density at radius 2 is 2.32 bits per heavy atom. The molecule has 0 aromatic carbocycles. The molecule has 1 heterocycles. The van der Waals surface area contributed by atoms with Crippen LogP contribution in [0.4, 0.5) is 0 Å². The van der Waals surface area contributed by atoms with Gasteiger partial charge in [0, 0.05) is 17.7 Å². The first kappa shape index (κ1) is 13.5. The van der Waals surface area contributed by atoms with Crippen molar-refractivity contribution < 1.29 is 14.3 Å². The van der Waals surface area contributed by atoms with Crippen LogP contribution in [0, 0.1) is 23.2 Å². The maximum absolute atomic E-state index is 11.3. The third-order valence-corrected chi connectivity index (χ3v) is 6.95. The quantitative estimate of drug-likeness (QED) is 0.576. The molecule has 0 aromatic heterocycles. The van der Waals surface area contributed by atoms with Gasteiger partial charge < -0.3 is 9.47 Å². The molecule has 0 N–H and O–H groups in total. The minimum absolute atomic E-state index is 0.0202. The van der Waals surface area contributed by atoms with Gasteiger partial charge in [0.25, 0.3) is 0 Å². The van der Waals surface area contributed by atoms with Crippen molar-refractivity contribution in [2.75, 3.05) is 19.5 Å². The second kappa shape index (κ2) is 4.52. The highest BCUT2D eigenvalue weighted by molar-refractivity contribution is 8.00. The van der Waals surface area contributed by atoms with Gasteiger partial charge in [-0.05, 0) is 30.1 Å². The molecule has 3 nitrogen and oxygen atoms in total. The van der Waals surface area contributed by atoms with E-state index >= 15 is 0 Å². The number of ether oxygens (including phenoxy) is 2. The van der Waals surface area contributed by atoms with Gasteiger partial charge in [-0.1, -0.05) is 19.9 Å². The molecule has 2 saturated carbocycles. The van der Waals surface area contributed by atoms with Crippen molar-refractivity contribution >= 4 is 17.7 Å². The van der Waals surface area contributed by atoms with Gasteiger partial charge in [-0.15, -0.1) is 11.8 Å². The zero-order chi connectivity index (χ0) is 13.7. The molecule has 5 unspecified atom stereocenters. The van der Waals surface area contributed by atoms with Crippen LogP contribution in [-0.2, 0) is 14.3 Å². The van der Waals surface area contributed by atoms with Crippen molar-refractivity contribution in [2.24, 2.45) is 23.2 Å². The monoisotopic (exact) mass is 282 g/mol. The zero-order valence-electron chi connectivity index (χ0n) is 11.8. The molecule has 3 rings (SSSR count). The first-order valence-electron chi connectivity index (χ1n) is 7.08. The van der Waals surface area contributed by atoms with Gasteiger partial charge >= 0.3 is 5.97 Å². The number of hydrogen-bond donors (Lipinski definition) is 0. The fourth-order valence-corrected chi connectivity index (χ4v) is 5.72. The van der Waals surface area contributed by atoms with Crippen molar-refractivity contribution in [2.45, 2.75) is 31.6 Å². The Bertz CT molecular complexity index is 414. The van der Waals surface area contributed by atoms with Crippen molar-refractivity contribution in [1.29, 1.82) is 0 Å². The Balaban J connectivity index is 1.83. The number of carbonyl (C=O) groups excluding carboxylic acids is 1. The first-order chi connectivity index (χ1) is 9.04. The van der Waals surface area contributed by atoms with E-state index in [2.05, 4.69) is 19.9 Å². The van der Waals surface area contributed by atoms with Gasteiger partial charge in [0.1, 0.15) is 4.93 Å². The number of methoxy groups -OCH3 is 1. The molecule has 4 heteroatoms. The molecule has 5 atom stereocenters. The fourth-order valence-electron chi connectivity index (χ4n) is 4.20. The lowest BCUT2D eigenvalue weighted by Gasteiger charge is -2.37. The predicted octanol–water partition coefficient (Wildman–Crippen LogP) is 2.86. The summed E-state index contributed by atoms with van der Waals surface area (Å²) in [5, 5.41) is 0. The van der Waals surface area contributed by atoms with E-state index in [0.29, 0.717) is 23.2 Å². The Morgan fingerprint density at radius 3 is 2.95 bits per heavy atom. The number of thioether (sulfide) groups is 1. The van der Waals surface area contributed by atoms with Crippen molar-refractivity contribution in [1.82, 2.24) is 0 Å². The Labute approximate surface area is 119 Å². The SMILES string of the molecule is COC(=O)C=CC1C2C3(CCC(C)C12C)OCCS3. The lowest BCUT2D eigenvalue weighted by atomic mass is 9.78. The number of carbonyl (C=O) groups is 1. The van der Waals surface area contributed by atoms with E-state index in [1.807, 2.05) is 11.8 Å². The molecule has 3 fully saturated rings. The maximum atomic E-state index is 11.3. The van der Waals surface area contributed by atoms with Gasteiger partial charge in [0.2, 0.25) is 0 Å². The molecule has 0 bridgehead atoms. The van der Waals surface area contributed by atoms with Gasteiger partial charge in [-0.25, -0.2) is 4.79 Å². The van der Waals surface area contributed by atoms with E-state index in [1.54, 1.807) is 6.08 Å². The van der Waals surface area contributed by atoms with E-state index in [4.69, 9.17) is 9.47 Å². The van der Waals surface area contributed by atoms with E-state index in [-0.39, 0.29) is 10.9 Å². The molecule has 106 valence electrons. The van der Waals surface area contributed by atoms with Crippen LogP contribution in [0.2, 0.25) is 0 Å². The molecule has 0 amide bonds. The highest BCUT2D eigenvalue weighted by Gasteiger charge is 2.73. The van der Waals surface area contributed by atoms with Crippen molar-refractivity contribution in [3.63, 3.8) is 0 Å². The summed E-state index contributed by atoms with van der Waals surface area (Å²) in [6, 6.07) is 0. The van der Waals surface area contributed by atoms with Crippen LogP contribution in [0.5, 0.6) is 0 Å². The summed E-state index contributed by atoms with van der Waals surface area (Å²) in [5.41, 5.74) is 0.292. The van der Waals surface area contributed by atoms with Crippen molar-refractivity contribution in [3.05, 3.63) is 12.2 Å². The maximum Gasteiger partial charge on any atom is 0.330 e. The minimum atomic E-state index is -0.256. The van der Waals surface area contributed by atoms with Crippen LogP contribution in [0.1, 0.15) is 26.7 Å². The lowest BCUT2D eigenvalue weighted by molar-refractivity contribution is -0.134. The molecule has 3 aliphatic rings. The Kier molecular flexibility index (Phi) is 3.21. The normalized spacial score (nSPS) is 48.5. The van der Waals surface area contributed by atoms with E-state index in [1.165, 1.54) is 13.5 Å². The number of hydrogen-bond acceptors (Lipinski definition) is 4. The van der Waals surface area contributed by atoms with Crippen LogP contribution in [-0.4, -0.2) is 30.4 Å². The fraction of sp³-hybridized carbons (Fsp3) is 0.800. The molecule has 19 heavy (non-hydrogen) atoms. The van der Waals surface area contributed by atoms with E-state index < -0.39 is 0 Å². The predicted molar refractivity (Wildman–Crippen MR) is 75.8 cm³/mol. The molecule has 2 aliphatic carbocycles. The molecule has 1 aliphatic heterocycles. The summed E-state index contributed by atoms with van der Waals surface area (Å²) in [4.78, 5) is 11.3. The highest BCUT2D eigenvalue weighted by atomic mass is 32.2. The third kappa shape index (κ3) is 1.87. The van der Waals surface area contributed by atoms with E-state index in [9.17, 15) is 4.79 Å². The highest BCUT2D eigenvalue weighted by Crippen LogP contribution is 2.75. The summed E-state index contributed by atoms with van der Waals surface area (Å²) in [6.45, 7) is 5.57. The third-order valence-electron chi connectivity index (χ3n) is 5.52. The zero-order valence-corrected chi connectivity index (χ0v) is 12.7. The van der Waals surface area contributed by atoms with Crippen LogP contribution < -0.4 is 0 Å². The summed E-state index contributed by atoms with van der Waals surface area (Å²) in [5.74, 6) is 2.55. The number of rotatable bonds is 2. The minimum Gasteiger partial charge on any atom is -0.466 e. The molecular weight excluding hydrogens is 260 g/mol. The van der Waals surface area contributed by atoms with Gasteiger partial charge in [0.05, 0.1) is 13.7 Å². The van der Waals surface area contributed by atoms with Gasteiger partial charge in [-0.2, -0.15) is 0 Å². The van der Waals surface area contributed by atoms with Gasteiger partial charge in [-0.3, -0.25) is 0 Å². The summed E-state index contributed by atoms with van der Waals surface area (Å²) >= 11 is 1.99. The van der Waals surface area contributed by atoms with Crippen molar-refractivity contribution in [3.8, 4) is 0 Å². The number of allylic oxidation sites excluding steroid dienone is 1. The largest absolute Gasteiger partial charge is 0.466 e. The Hall–Kier alpha value is -0.480. The Morgan fingerprint density at radius 1 is 1.53 bits per heavy atom. The summed E-state index contributed by atoms with van der Waals surface area (Å²) in [7, 11) is 1.42. The summed E-state index contributed by atoms with van der Waals surface area (Å²) < 4.78 is 10.8. The van der Waals surface area contributed by atoms with Crippen LogP contribution in [0.3, 0.4) is 0 Å². The molecule has 1 spiro atoms. The van der Waals surface area contributed by atoms with Crippen LogP contribution >= 0.6 is 11.8 Å². The molecule has 0 radical (unpaired) electrons. The van der Waals surface area contributed by atoms with Gasteiger partial charge in [0.15, 0.2) is 0 Å². The second-order valence-electron chi connectivity index (χ2n) is 6.20. The van der Waals surface area contributed by atoms with Crippen LogP contribution in [0.25, 0.3) is 0 Å². The first-order valence-corrected chi connectivity index (χ1v) is 8.07. The van der Waals surface area contributed by atoms with Crippen LogP contribution in [0.15, 0.2) is 12.2 Å². The second-order valence-corrected chi connectivity index (χ2v) is 7.59. The lowest BCUT2D eigenvalue weighted by Crippen LogP contribution is -2.36. The number of fused-ring (bicyclic) bond motifs is 2. The molecule has 0 aromatic rings. The average Bonchev–Trinajstić information content (AvgIpc) is 2.82. The molecule has 1 saturated heterocycles.